The van der Waals surface area contributed by atoms with Crippen molar-refractivity contribution in [3.8, 4) is 0 Å². The normalized spacial score (nSPS) is 9.15. The highest BCUT2D eigenvalue weighted by molar-refractivity contribution is 5.86. The first kappa shape index (κ1) is 27.1. The molecule has 0 unspecified atom stereocenters. The van der Waals surface area contributed by atoms with E-state index in [2.05, 4.69) is 25.8 Å². The van der Waals surface area contributed by atoms with E-state index >= 15 is 0 Å². The Balaban J connectivity index is 0. The third kappa shape index (κ3) is 18.5. The van der Waals surface area contributed by atoms with Gasteiger partial charge < -0.3 is 4.84 Å². The molecule has 0 amide bonds. The molecular formula is C23H36NO3. The van der Waals surface area contributed by atoms with Crippen molar-refractivity contribution >= 4 is 5.97 Å². The topological polar surface area (TPSA) is 49.4 Å². The van der Waals surface area contributed by atoms with E-state index in [0.717, 1.165) is 30.4 Å². The van der Waals surface area contributed by atoms with Crippen molar-refractivity contribution in [2.45, 2.75) is 60.4 Å². The standard InChI is InChI=1S/C13H17NO2.C5H11O.C5H8/c1-4-14(16-13(15)11(2)3)10-12-8-6-5-7-9-12;1-2-3-4-5-6;1-4-5(2)3/h5-9H,2,4,10H2,1,3H3;2-5H2,1H3;1H2,2-3H3. The molecule has 0 atom stereocenters. The molecule has 4 heteroatoms. The van der Waals surface area contributed by atoms with Crippen LogP contribution in [0.5, 0.6) is 0 Å². The van der Waals surface area contributed by atoms with Gasteiger partial charge in [-0.1, -0.05) is 63.3 Å². The van der Waals surface area contributed by atoms with E-state index < -0.39 is 0 Å². The zero-order chi connectivity index (χ0) is 21.1. The van der Waals surface area contributed by atoms with E-state index in [4.69, 9.17) is 4.84 Å². The summed E-state index contributed by atoms with van der Waals surface area (Å²) in [5, 5.41) is 11.3. The molecule has 0 aliphatic carbocycles. The van der Waals surface area contributed by atoms with Gasteiger partial charge in [0.2, 0.25) is 0 Å². The van der Waals surface area contributed by atoms with Crippen LogP contribution in [0, 0.1) is 0 Å². The van der Waals surface area contributed by atoms with Gasteiger partial charge in [0.25, 0.3) is 0 Å². The molecule has 151 valence electrons. The highest BCUT2D eigenvalue weighted by atomic mass is 16.7. The lowest BCUT2D eigenvalue weighted by Gasteiger charge is -2.19. The zero-order valence-electron chi connectivity index (χ0n) is 17.7. The minimum Gasteiger partial charge on any atom is -0.364 e. The van der Waals surface area contributed by atoms with E-state index in [9.17, 15) is 9.90 Å². The van der Waals surface area contributed by atoms with Crippen LogP contribution in [0.3, 0.4) is 0 Å². The Kier molecular flexibility index (Phi) is 18.7. The fraction of sp³-hybridized carbons (Fsp3) is 0.478. The summed E-state index contributed by atoms with van der Waals surface area (Å²) in [7, 11) is 0. The zero-order valence-corrected chi connectivity index (χ0v) is 17.7. The molecule has 0 aliphatic rings. The van der Waals surface area contributed by atoms with Crippen LogP contribution in [-0.4, -0.2) is 24.2 Å². The monoisotopic (exact) mass is 374 g/mol. The first-order valence-corrected chi connectivity index (χ1v) is 9.40. The number of benzene rings is 1. The number of unbranched alkanes of at least 4 members (excludes halogenated alkanes) is 2. The maximum absolute atomic E-state index is 11.3. The molecule has 0 N–H and O–H groups in total. The summed E-state index contributed by atoms with van der Waals surface area (Å²) in [5.41, 5.74) is 5.36. The second-order valence-electron chi connectivity index (χ2n) is 6.19. The number of nitrogens with zero attached hydrogens (tertiary/aromatic N) is 1. The summed E-state index contributed by atoms with van der Waals surface area (Å²) in [6.45, 7) is 17.9. The van der Waals surface area contributed by atoms with E-state index in [-0.39, 0.29) is 12.6 Å². The van der Waals surface area contributed by atoms with Crippen molar-refractivity contribution in [3.63, 3.8) is 0 Å². The van der Waals surface area contributed by atoms with Crippen LogP contribution in [0.2, 0.25) is 0 Å². The first-order chi connectivity index (χ1) is 12.8. The first-order valence-electron chi connectivity index (χ1n) is 9.40. The number of hydrogen-bond acceptors (Lipinski definition) is 3. The molecule has 0 bridgehead atoms. The molecule has 0 aliphatic heterocycles. The summed E-state index contributed by atoms with van der Waals surface area (Å²) in [5.74, 6) is -0.377. The molecule has 0 saturated heterocycles. The molecule has 0 spiro atoms. The van der Waals surface area contributed by atoms with E-state index in [1.807, 2.05) is 51.1 Å². The average molecular weight is 375 g/mol. The predicted octanol–water partition coefficient (Wildman–Crippen LogP) is 5.89. The highest BCUT2D eigenvalue weighted by Crippen LogP contribution is 2.06. The lowest BCUT2D eigenvalue weighted by atomic mass is 10.2. The quantitative estimate of drug-likeness (QED) is 0.247. The van der Waals surface area contributed by atoms with Gasteiger partial charge in [-0.2, -0.15) is 0 Å². The third-order valence-corrected chi connectivity index (χ3v) is 3.22. The van der Waals surface area contributed by atoms with Crippen molar-refractivity contribution in [1.29, 1.82) is 0 Å². The molecule has 1 rings (SSSR count). The van der Waals surface area contributed by atoms with E-state index in [0.29, 0.717) is 18.7 Å². The van der Waals surface area contributed by atoms with Crippen molar-refractivity contribution in [2.75, 3.05) is 13.2 Å². The lowest BCUT2D eigenvalue weighted by molar-refractivity contribution is -0.187. The van der Waals surface area contributed by atoms with Crippen LogP contribution in [-0.2, 0) is 21.3 Å². The van der Waals surface area contributed by atoms with Crippen LogP contribution in [0.1, 0.15) is 59.4 Å². The molecule has 0 saturated carbocycles. The molecule has 0 aromatic heterocycles. The van der Waals surface area contributed by atoms with Gasteiger partial charge in [0.15, 0.2) is 0 Å². The average Bonchev–Trinajstić information content (AvgIpc) is 2.67. The van der Waals surface area contributed by atoms with Gasteiger partial charge in [-0.25, -0.2) is 9.90 Å². The number of rotatable bonds is 8. The molecule has 1 aromatic rings. The van der Waals surface area contributed by atoms with Crippen molar-refractivity contribution < 1.29 is 14.7 Å². The Morgan fingerprint density at radius 3 is 2.00 bits per heavy atom. The Morgan fingerprint density at radius 1 is 1.11 bits per heavy atom. The van der Waals surface area contributed by atoms with Crippen LogP contribution in [0.25, 0.3) is 0 Å². The van der Waals surface area contributed by atoms with E-state index in [1.165, 1.54) is 0 Å². The Hall–Kier alpha value is -2.13. The molecule has 1 aromatic carbocycles. The van der Waals surface area contributed by atoms with Gasteiger partial charge >= 0.3 is 5.97 Å². The van der Waals surface area contributed by atoms with Crippen LogP contribution < -0.4 is 0 Å². The predicted molar refractivity (Wildman–Crippen MR) is 113 cm³/mol. The molecule has 27 heavy (non-hydrogen) atoms. The van der Waals surface area contributed by atoms with Crippen molar-refractivity contribution in [2.24, 2.45) is 0 Å². The second-order valence-corrected chi connectivity index (χ2v) is 6.19. The summed E-state index contributed by atoms with van der Waals surface area (Å²) in [6.07, 6.45) is 3.11. The summed E-state index contributed by atoms with van der Waals surface area (Å²) < 4.78 is 0. The van der Waals surface area contributed by atoms with Gasteiger partial charge in [-0.05, 0) is 45.3 Å². The van der Waals surface area contributed by atoms with Crippen LogP contribution in [0.15, 0.2) is 60.4 Å². The number of allylic oxidation sites excluding steroid dienone is 1. The molecule has 0 heterocycles. The highest BCUT2D eigenvalue weighted by Gasteiger charge is 2.10. The largest absolute Gasteiger partial charge is 0.364 e. The number of carbonyl (C=O) groups is 1. The summed E-state index contributed by atoms with van der Waals surface area (Å²) in [6, 6.07) is 9.88. The maximum Gasteiger partial charge on any atom is 0.352 e. The Labute approximate surface area is 165 Å². The molecule has 1 radical (unpaired) electrons. The fourth-order valence-electron chi connectivity index (χ4n) is 1.54. The number of hydrogen-bond donors (Lipinski definition) is 0. The van der Waals surface area contributed by atoms with E-state index in [1.54, 1.807) is 12.0 Å². The Bertz CT molecular complexity index is 552. The molecule has 4 nitrogen and oxygen atoms in total. The lowest BCUT2D eigenvalue weighted by Crippen LogP contribution is -2.27. The number of carbonyl (C=O) groups excluding carboxylic acids is 1. The fourth-order valence-corrected chi connectivity index (χ4v) is 1.54. The van der Waals surface area contributed by atoms with Gasteiger partial charge in [0.05, 0.1) is 13.2 Å². The molecule has 0 fully saturated rings. The van der Waals surface area contributed by atoms with Gasteiger partial charge in [0, 0.05) is 12.1 Å². The second kappa shape index (κ2) is 18.7. The Morgan fingerprint density at radius 2 is 1.67 bits per heavy atom. The third-order valence-electron chi connectivity index (χ3n) is 3.22. The summed E-state index contributed by atoms with van der Waals surface area (Å²) in [4.78, 5) is 16.5. The van der Waals surface area contributed by atoms with Crippen molar-refractivity contribution in [1.82, 2.24) is 5.06 Å². The minimum absolute atomic E-state index is 0.105. The van der Waals surface area contributed by atoms with Crippen LogP contribution >= 0.6 is 0 Å². The van der Waals surface area contributed by atoms with Gasteiger partial charge in [0.1, 0.15) is 0 Å². The van der Waals surface area contributed by atoms with Gasteiger partial charge in [-0.3, -0.25) is 0 Å². The smallest absolute Gasteiger partial charge is 0.352 e. The SMILES string of the molecule is C=C(C)C(=O)ON(CC)Cc1ccccc1.C=C=C(C)C.CCCCC[O]. The molecular weight excluding hydrogens is 338 g/mol. The minimum atomic E-state index is -0.377. The number of hydroxylamine groups is 2. The van der Waals surface area contributed by atoms with Crippen molar-refractivity contribution in [3.05, 3.63) is 65.9 Å². The summed E-state index contributed by atoms with van der Waals surface area (Å²) >= 11 is 0. The van der Waals surface area contributed by atoms with Gasteiger partial charge in [-0.15, -0.1) is 10.8 Å². The maximum atomic E-state index is 11.3. The van der Waals surface area contributed by atoms with Crippen LogP contribution in [0.4, 0.5) is 0 Å².